The number of carbonyl (C=O) groups is 1. The van der Waals surface area contributed by atoms with Gasteiger partial charge in [0.15, 0.2) is 0 Å². The van der Waals surface area contributed by atoms with Gasteiger partial charge in [-0.2, -0.15) is 0 Å². The Morgan fingerprint density at radius 1 is 1.26 bits per heavy atom. The number of aromatic nitrogens is 2. The van der Waals surface area contributed by atoms with Crippen molar-refractivity contribution in [3.05, 3.63) is 53.1 Å². The second-order valence-electron chi connectivity index (χ2n) is 5.42. The van der Waals surface area contributed by atoms with E-state index in [0.717, 1.165) is 36.2 Å². The van der Waals surface area contributed by atoms with Gasteiger partial charge in [-0.3, -0.25) is 9.78 Å². The van der Waals surface area contributed by atoms with Crippen LogP contribution in [0.5, 0.6) is 0 Å². The number of nitrogens with zero attached hydrogens (tertiary/aromatic N) is 2. The Kier molecular flexibility index (Phi) is 6.79. The number of halogens is 2. The summed E-state index contributed by atoms with van der Waals surface area (Å²) in [6, 6.07) is 5.91. The Labute approximate surface area is 147 Å². The first-order valence-electron chi connectivity index (χ1n) is 7.11. The Balaban J connectivity index is 0.00000132. The van der Waals surface area contributed by atoms with E-state index in [0.29, 0.717) is 5.69 Å². The van der Waals surface area contributed by atoms with E-state index < -0.39 is 0 Å². The van der Waals surface area contributed by atoms with E-state index in [1.54, 1.807) is 6.20 Å². The van der Waals surface area contributed by atoms with Crippen LogP contribution in [-0.4, -0.2) is 15.9 Å². The molecule has 0 bridgehead atoms. The topological polar surface area (TPSA) is 80.9 Å². The predicted molar refractivity (Wildman–Crippen MR) is 95.3 cm³/mol. The Morgan fingerprint density at radius 2 is 2.04 bits per heavy atom. The smallest absolute Gasteiger partial charge is 0.271 e. The molecule has 0 fully saturated rings. The van der Waals surface area contributed by atoms with Crippen LogP contribution in [0.25, 0.3) is 0 Å². The van der Waals surface area contributed by atoms with E-state index in [1.807, 2.05) is 25.1 Å². The number of hydrogen-bond donors (Lipinski definition) is 2. The Hall–Kier alpha value is -1.85. The van der Waals surface area contributed by atoms with Crippen LogP contribution < -0.4 is 11.1 Å². The third kappa shape index (κ3) is 4.33. The van der Waals surface area contributed by atoms with Gasteiger partial charge in [-0.05, 0) is 49.4 Å². The molecule has 7 heteroatoms. The number of carbonyl (C=O) groups excluding carboxylic acids is 1. The first-order chi connectivity index (χ1) is 10.1. The van der Waals surface area contributed by atoms with Crippen LogP contribution in [-0.2, 0) is 6.42 Å². The lowest BCUT2D eigenvalue weighted by molar-refractivity contribution is 0.0927. The number of fused-ring (bicyclic) bond motifs is 1. The van der Waals surface area contributed by atoms with Gasteiger partial charge in [0, 0.05) is 11.9 Å². The minimum atomic E-state index is -0.183. The molecule has 1 unspecified atom stereocenters. The lowest BCUT2D eigenvalue weighted by Crippen LogP contribution is -2.31. The molecule has 0 spiro atoms. The van der Waals surface area contributed by atoms with Crippen molar-refractivity contribution in [3.8, 4) is 0 Å². The fraction of sp³-hybridized carbons (Fsp3) is 0.312. The molecule has 0 saturated carbocycles. The van der Waals surface area contributed by atoms with Crippen LogP contribution in [0, 0.1) is 6.92 Å². The number of benzene rings is 1. The lowest BCUT2D eigenvalue weighted by atomic mass is 9.87. The number of nitrogens with one attached hydrogen (secondary N) is 1. The fourth-order valence-electron chi connectivity index (χ4n) is 2.73. The van der Waals surface area contributed by atoms with Crippen LogP contribution in [0.3, 0.4) is 0 Å². The van der Waals surface area contributed by atoms with E-state index >= 15 is 0 Å². The predicted octanol–water partition coefficient (Wildman–Crippen LogP) is 3.02. The first kappa shape index (κ1) is 19.2. The molecule has 1 aliphatic carbocycles. The average Bonchev–Trinajstić information content (AvgIpc) is 2.47. The highest BCUT2D eigenvalue weighted by Crippen LogP contribution is 2.31. The number of rotatable bonds is 2. The summed E-state index contributed by atoms with van der Waals surface area (Å²) in [6.45, 7) is 1.84. The van der Waals surface area contributed by atoms with Crippen molar-refractivity contribution in [2.24, 2.45) is 0 Å². The molecule has 3 rings (SSSR count). The molecule has 1 aromatic heterocycles. The van der Waals surface area contributed by atoms with Gasteiger partial charge < -0.3 is 11.1 Å². The maximum atomic E-state index is 12.3. The number of amides is 1. The van der Waals surface area contributed by atoms with Crippen LogP contribution in [0.4, 0.5) is 5.69 Å². The molecule has 124 valence electrons. The third-order valence-electron chi connectivity index (χ3n) is 3.80. The summed E-state index contributed by atoms with van der Waals surface area (Å²) in [6.07, 6.45) is 6.10. The van der Waals surface area contributed by atoms with Crippen LogP contribution in [0.1, 0.15) is 46.2 Å². The summed E-state index contributed by atoms with van der Waals surface area (Å²) in [5.41, 5.74) is 10.1. The summed E-state index contributed by atoms with van der Waals surface area (Å²) in [7, 11) is 0. The molecular weight excluding hydrogens is 335 g/mol. The number of aryl methyl sites for hydroxylation is 2. The summed E-state index contributed by atoms with van der Waals surface area (Å²) in [5.74, 6) is -0.183. The maximum absolute atomic E-state index is 12.3. The highest BCUT2D eigenvalue weighted by Gasteiger charge is 2.22. The zero-order chi connectivity index (χ0) is 14.8. The van der Waals surface area contributed by atoms with Gasteiger partial charge in [-0.15, -0.1) is 24.8 Å². The van der Waals surface area contributed by atoms with Crippen LogP contribution in [0.15, 0.2) is 30.6 Å². The Morgan fingerprint density at radius 3 is 2.74 bits per heavy atom. The quantitative estimate of drug-likeness (QED) is 0.812. The zero-order valence-electron chi connectivity index (χ0n) is 12.8. The van der Waals surface area contributed by atoms with E-state index in [9.17, 15) is 4.79 Å². The van der Waals surface area contributed by atoms with Gasteiger partial charge >= 0.3 is 0 Å². The van der Waals surface area contributed by atoms with E-state index in [2.05, 4.69) is 15.3 Å². The third-order valence-corrected chi connectivity index (χ3v) is 3.80. The molecule has 3 N–H and O–H groups in total. The first-order valence-corrected chi connectivity index (χ1v) is 7.11. The number of nitrogens with two attached hydrogens (primary N) is 1. The van der Waals surface area contributed by atoms with Crippen molar-refractivity contribution < 1.29 is 4.79 Å². The van der Waals surface area contributed by atoms with Crippen LogP contribution in [0.2, 0.25) is 0 Å². The summed E-state index contributed by atoms with van der Waals surface area (Å²) >= 11 is 0. The van der Waals surface area contributed by atoms with Crippen molar-refractivity contribution in [2.45, 2.75) is 32.2 Å². The molecule has 5 nitrogen and oxygen atoms in total. The average molecular weight is 355 g/mol. The standard InChI is InChI=1S/C16H18N4O.2ClH/c1-10-8-19-15(9-18-10)16(21)20-14-4-2-3-11-7-12(17)5-6-13(11)14;;/h5-9,14H,2-4,17H2,1H3,(H,20,21);2*1H. The monoisotopic (exact) mass is 354 g/mol. The highest BCUT2D eigenvalue weighted by atomic mass is 35.5. The van der Waals surface area contributed by atoms with Crippen molar-refractivity contribution in [3.63, 3.8) is 0 Å². The van der Waals surface area contributed by atoms with Crippen molar-refractivity contribution >= 4 is 36.4 Å². The summed E-state index contributed by atoms with van der Waals surface area (Å²) in [5, 5.41) is 3.05. The summed E-state index contributed by atoms with van der Waals surface area (Å²) in [4.78, 5) is 20.5. The molecular formula is C16H20Cl2N4O. The molecule has 2 aromatic rings. The minimum absolute atomic E-state index is 0. The van der Waals surface area contributed by atoms with Gasteiger partial charge in [0.25, 0.3) is 5.91 Å². The fourth-order valence-corrected chi connectivity index (χ4v) is 2.73. The number of anilines is 1. The van der Waals surface area contributed by atoms with Crippen LogP contribution >= 0.6 is 24.8 Å². The number of nitrogen functional groups attached to an aromatic ring is 1. The minimum Gasteiger partial charge on any atom is -0.399 e. The molecule has 1 aromatic carbocycles. The lowest BCUT2D eigenvalue weighted by Gasteiger charge is -2.26. The molecule has 23 heavy (non-hydrogen) atoms. The van der Waals surface area contributed by atoms with Crippen molar-refractivity contribution in [1.82, 2.24) is 15.3 Å². The van der Waals surface area contributed by atoms with Crippen molar-refractivity contribution in [1.29, 1.82) is 0 Å². The summed E-state index contributed by atoms with van der Waals surface area (Å²) < 4.78 is 0. The normalized spacial score (nSPS) is 15.6. The zero-order valence-corrected chi connectivity index (χ0v) is 14.4. The largest absolute Gasteiger partial charge is 0.399 e. The van der Waals surface area contributed by atoms with Gasteiger partial charge in [0.2, 0.25) is 0 Å². The molecule has 1 aliphatic rings. The second-order valence-corrected chi connectivity index (χ2v) is 5.42. The van der Waals surface area contributed by atoms with E-state index in [-0.39, 0.29) is 36.8 Å². The highest BCUT2D eigenvalue weighted by molar-refractivity contribution is 5.92. The van der Waals surface area contributed by atoms with E-state index in [1.165, 1.54) is 11.8 Å². The molecule has 0 radical (unpaired) electrons. The maximum Gasteiger partial charge on any atom is 0.271 e. The molecule has 1 heterocycles. The molecule has 1 amide bonds. The van der Waals surface area contributed by atoms with Gasteiger partial charge in [0.05, 0.1) is 17.9 Å². The van der Waals surface area contributed by atoms with Crippen molar-refractivity contribution in [2.75, 3.05) is 5.73 Å². The molecule has 0 saturated heterocycles. The van der Waals surface area contributed by atoms with Gasteiger partial charge in [0.1, 0.15) is 5.69 Å². The second kappa shape index (κ2) is 8.13. The van der Waals surface area contributed by atoms with Gasteiger partial charge in [-0.1, -0.05) is 6.07 Å². The number of hydrogen-bond acceptors (Lipinski definition) is 4. The molecule has 1 atom stereocenters. The van der Waals surface area contributed by atoms with Gasteiger partial charge in [-0.25, -0.2) is 4.98 Å². The Bertz CT molecular complexity index is 676. The SMILES string of the molecule is Cc1cnc(C(=O)NC2CCCc3cc(N)ccc32)cn1.Cl.Cl. The van der Waals surface area contributed by atoms with E-state index in [4.69, 9.17) is 5.73 Å². The molecule has 0 aliphatic heterocycles.